The van der Waals surface area contributed by atoms with E-state index in [0.29, 0.717) is 105 Å². The molecule has 7 N–H and O–H groups in total. The van der Waals surface area contributed by atoms with Crippen LogP contribution < -0.4 is 25.8 Å². The predicted octanol–water partition coefficient (Wildman–Crippen LogP) is 9.62. The highest BCUT2D eigenvalue weighted by atomic mass is 32.2. The predicted molar refractivity (Wildman–Crippen MR) is 434 cm³/mol. The van der Waals surface area contributed by atoms with Crippen LogP contribution in [0.1, 0.15) is 154 Å². The minimum absolute atomic E-state index is 0.0513. The Bertz CT molecular complexity index is 5310. The van der Waals surface area contributed by atoms with Gasteiger partial charge in [0.1, 0.15) is 41.6 Å². The lowest BCUT2D eigenvalue weighted by Gasteiger charge is -2.31. The van der Waals surface area contributed by atoms with Crippen LogP contribution in [0.25, 0.3) is 21.5 Å². The molecule has 0 fully saturated rings. The number of unbranched alkanes of at least 4 members (excludes halogenated alkanes) is 5. The van der Waals surface area contributed by atoms with Crippen LogP contribution in [-0.4, -0.2) is 199 Å². The maximum absolute atomic E-state index is 14.0. The first-order valence-corrected chi connectivity index (χ1v) is 44.5. The summed E-state index contributed by atoms with van der Waals surface area (Å²) in [5.41, 5.74) is 6.46. The Morgan fingerprint density at radius 3 is 1.91 bits per heavy atom. The van der Waals surface area contributed by atoms with Crippen LogP contribution in [0.4, 0.5) is 11.4 Å². The van der Waals surface area contributed by atoms with Crippen molar-refractivity contribution in [1.29, 1.82) is 0 Å². The van der Waals surface area contributed by atoms with Gasteiger partial charge in [0.15, 0.2) is 5.71 Å². The summed E-state index contributed by atoms with van der Waals surface area (Å²) < 4.78 is 163. The number of allylic oxidation sites excluding steroid dienone is 6. The number of ether oxygens (including phenoxy) is 4. The van der Waals surface area contributed by atoms with Crippen LogP contribution in [0.2, 0.25) is 0 Å². The number of carbonyl (C=O) groups excluding carboxylic acids is 4. The number of hydrogen-bond acceptors (Lipinski definition) is 22. The van der Waals surface area contributed by atoms with Gasteiger partial charge < -0.3 is 34.5 Å². The molecule has 7 aromatic rings. The molecule has 32 nitrogen and oxygen atoms in total. The third-order valence-corrected chi connectivity index (χ3v) is 25.1. The first-order valence-electron chi connectivity index (χ1n) is 38.8. The number of nitrogens with one attached hydrogen (secondary N) is 3. The first kappa shape index (κ1) is 90.9. The SMILES string of the molecule is CCCCc1cn(CC(=O)NC(CCCCCC(=O)CCCCC[N+]2=C(/C=C/C=C/C=C3\N(CC)c4ccc5c(C)cc(S(=O)(=O)O)cc5c4C3(C)C)C(C)(C)c3c2ccc2c(S(=O)(=O)O)cc(S(=O)(=O)O)cc32)C(=O)NCCOCCOCCOCCn2cc(CN(C(C(=O)NO)C(C)C)S(=O)(=O)c3ccc(OC)cc3)nn2)nn1. The van der Waals surface area contributed by atoms with E-state index in [0.717, 1.165) is 57.0 Å². The summed E-state index contributed by atoms with van der Waals surface area (Å²) in [6.45, 7) is 19.4. The van der Waals surface area contributed by atoms with Crippen LogP contribution in [-0.2, 0) is 111 Å². The number of carbonyl (C=O) groups is 4. The fourth-order valence-corrected chi connectivity index (χ4v) is 18.6. The molecule has 0 saturated carbocycles. The highest BCUT2D eigenvalue weighted by Gasteiger charge is 2.47. The number of sulfonamides is 1. The number of benzene rings is 5. The minimum atomic E-state index is -5.00. The summed E-state index contributed by atoms with van der Waals surface area (Å²) in [6, 6.07) is 15.6. The fraction of sp³-hybridized carbons (Fsp3) is 0.487. The molecule has 0 spiro atoms. The highest BCUT2D eigenvalue weighted by Crippen LogP contribution is 2.52. The molecule has 2 aromatic heterocycles. The van der Waals surface area contributed by atoms with Crippen LogP contribution in [0.3, 0.4) is 0 Å². The molecule has 630 valence electrons. The Kier molecular flexibility index (Phi) is 31.3. The van der Waals surface area contributed by atoms with Gasteiger partial charge in [0.2, 0.25) is 27.5 Å². The van der Waals surface area contributed by atoms with E-state index in [1.165, 1.54) is 65.0 Å². The van der Waals surface area contributed by atoms with E-state index in [-0.39, 0.29) is 97.9 Å². The summed E-state index contributed by atoms with van der Waals surface area (Å²) in [5.74, 6) is -1.79. The van der Waals surface area contributed by atoms with E-state index < -0.39 is 96.7 Å². The molecule has 2 unspecified atom stereocenters. The average molecular weight is 1690 g/mol. The van der Waals surface area contributed by atoms with E-state index in [9.17, 15) is 71.7 Å². The Labute approximate surface area is 678 Å². The molecule has 0 radical (unpaired) electrons. The Morgan fingerprint density at radius 2 is 1.27 bits per heavy atom. The Morgan fingerprint density at radius 1 is 0.647 bits per heavy atom. The molecule has 5 aromatic carbocycles. The number of fused-ring (bicyclic) bond motifs is 6. The molecule has 4 heterocycles. The van der Waals surface area contributed by atoms with E-state index in [2.05, 4.69) is 61.5 Å². The molecular formula is C80H107N12O20S4+. The number of hydrogen-bond donors (Lipinski definition) is 7. The monoisotopic (exact) mass is 1680 g/mol. The topological polar surface area (TPSA) is 430 Å². The van der Waals surface area contributed by atoms with Gasteiger partial charge >= 0.3 is 0 Å². The summed E-state index contributed by atoms with van der Waals surface area (Å²) in [7, 11) is -17.3. The second-order valence-electron chi connectivity index (χ2n) is 30.1. The van der Waals surface area contributed by atoms with Gasteiger partial charge in [-0.25, -0.2) is 23.3 Å². The van der Waals surface area contributed by atoms with E-state index in [1.807, 2.05) is 63.3 Å². The molecule has 2 aliphatic heterocycles. The maximum Gasteiger partial charge on any atom is 0.295 e. The van der Waals surface area contributed by atoms with Gasteiger partial charge in [-0.15, -0.1) is 10.2 Å². The summed E-state index contributed by atoms with van der Waals surface area (Å²) in [6.07, 6.45) is 19.8. The summed E-state index contributed by atoms with van der Waals surface area (Å²) in [4.78, 5) is 53.9. The Hall–Kier alpha value is -9.05. The lowest BCUT2D eigenvalue weighted by atomic mass is 9.79. The number of rotatable bonds is 46. The van der Waals surface area contributed by atoms with Gasteiger partial charge in [-0.1, -0.05) is 88.6 Å². The number of hydroxylamine groups is 1. The number of aromatic nitrogens is 6. The number of anilines is 1. The number of amides is 3. The normalized spacial score (nSPS) is 15.2. The van der Waals surface area contributed by atoms with Crippen molar-refractivity contribution in [2.75, 3.05) is 71.3 Å². The van der Waals surface area contributed by atoms with E-state index >= 15 is 0 Å². The van der Waals surface area contributed by atoms with Crippen molar-refractivity contribution in [3.63, 3.8) is 0 Å². The average Bonchev–Trinajstić information content (AvgIpc) is 1.57. The molecular weight excluding hydrogens is 1580 g/mol. The van der Waals surface area contributed by atoms with Crippen molar-refractivity contribution in [2.24, 2.45) is 5.92 Å². The molecule has 0 saturated heterocycles. The van der Waals surface area contributed by atoms with Crippen LogP contribution in [0.15, 0.2) is 141 Å². The van der Waals surface area contributed by atoms with Gasteiger partial charge in [-0.05, 0) is 166 Å². The zero-order chi connectivity index (χ0) is 84.5. The number of nitrogens with zero attached hydrogens (tertiary/aromatic N) is 9. The van der Waals surface area contributed by atoms with Crippen LogP contribution in [0.5, 0.6) is 5.75 Å². The fourth-order valence-electron chi connectivity index (χ4n) is 15.0. The smallest absolute Gasteiger partial charge is 0.295 e. The Balaban J connectivity index is 0.752. The molecule has 9 rings (SSSR count). The van der Waals surface area contributed by atoms with Crippen molar-refractivity contribution in [2.45, 2.75) is 201 Å². The molecule has 3 amide bonds. The molecule has 36 heteroatoms. The van der Waals surface area contributed by atoms with Crippen molar-refractivity contribution in [3.05, 3.63) is 149 Å². The maximum atomic E-state index is 14.0. The molecule has 0 aliphatic carbocycles. The lowest BCUT2D eigenvalue weighted by Crippen LogP contribution is -2.51. The summed E-state index contributed by atoms with van der Waals surface area (Å²) >= 11 is 0. The quantitative estimate of drug-likeness (QED) is 0.00466. The number of Topliss-reactive ketones (excluding diaryl/α,β-unsaturated/α-hetero) is 1. The molecule has 0 bridgehead atoms. The second kappa shape index (κ2) is 39.9. The highest BCUT2D eigenvalue weighted by molar-refractivity contribution is 7.89. The number of methoxy groups -OCH3 is 1. The standard InChI is InChI=1S/C80H106N12O20S4/c1-11-13-23-56-50-89(87-83-56)53-73(94)82-67(77(95)81-37-40-110-42-44-112-45-43-111-41-39-88-51-57(84-86-88)52-92(76(54(3)4)78(96)85-97)113(98,99)60-31-29-59(109-10)30-32-60)26-19-14-17-24-58(93)25-18-16-22-38-91-69-36-34-64-66(48-62(115(103,104)105)49-70(64)116(106,107)108)75(69)80(8,9)72(91)28-21-15-20-27-71-79(6,7)74-65-47-61(114(100,101)102)46-55(5)63(65)33-35-68(74)90(71)12-2/h15,20-21,27-36,46-51,54,67,76H,11-14,16-19,22-26,37-45,52-53H2,1-10H3,(H6-,81,82,83,84,85,86,87,94,95,96,97,100,101,102,103,104,105,106,107,108)/p+1. The largest absolute Gasteiger partial charge is 0.497 e. The zero-order valence-electron chi connectivity index (χ0n) is 67.2. The van der Waals surface area contributed by atoms with E-state index in [1.54, 1.807) is 44.7 Å². The molecule has 116 heavy (non-hydrogen) atoms. The third kappa shape index (κ3) is 22.6. The summed E-state index contributed by atoms with van der Waals surface area (Å²) in [5, 5.41) is 33.6. The van der Waals surface area contributed by atoms with Crippen LogP contribution >= 0.6 is 0 Å². The van der Waals surface area contributed by atoms with Crippen molar-refractivity contribution < 1.29 is 95.2 Å². The van der Waals surface area contributed by atoms with Crippen molar-refractivity contribution in [3.8, 4) is 5.75 Å². The molecule has 2 atom stereocenters. The minimum Gasteiger partial charge on any atom is -0.497 e. The lowest BCUT2D eigenvalue weighted by molar-refractivity contribution is -0.438. The zero-order valence-corrected chi connectivity index (χ0v) is 70.4. The van der Waals surface area contributed by atoms with Gasteiger partial charge in [-0.3, -0.25) is 38.0 Å². The number of likely N-dealkylation sites (N-methyl/N-ethyl adjacent to an activating group) is 1. The third-order valence-electron chi connectivity index (χ3n) is 20.7. The van der Waals surface area contributed by atoms with Gasteiger partial charge in [0.25, 0.3) is 36.3 Å². The molecule has 2 aliphatic rings. The first-order chi connectivity index (χ1) is 54.9. The van der Waals surface area contributed by atoms with Gasteiger partial charge in [0, 0.05) is 84.6 Å². The number of ketones is 1. The van der Waals surface area contributed by atoms with E-state index in [4.69, 9.17) is 18.9 Å². The second-order valence-corrected chi connectivity index (χ2v) is 36.2. The van der Waals surface area contributed by atoms with Gasteiger partial charge in [-0.2, -0.15) is 34.1 Å². The number of aryl methyl sites for hydroxylation is 2. The van der Waals surface area contributed by atoms with Crippen LogP contribution in [0, 0.1) is 12.8 Å². The van der Waals surface area contributed by atoms with Gasteiger partial charge in [0.05, 0.1) is 91.3 Å². The van der Waals surface area contributed by atoms with Crippen molar-refractivity contribution >= 4 is 103 Å². The van der Waals surface area contributed by atoms with Crippen molar-refractivity contribution in [1.82, 2.24) is 50.4 Å².